The topological polar surface area (TPSA) is 17.1 Å². The molecule has 0 saturated carbocycles. The molecular weight excluding hydrogens is 195 g/mol. The van der Waals surface area contributed by atoms with Gasteiger partial charge in [0.2, 0.25) is 0 Å². The van der Waals surface area contributed by atoms with E-state index in [4.69, 9.17) is 0 Å². The molecule has 0 saturated heterocycles. The highest BCUT2D eigenvalue weighted by atomic mass is 16.1. The number of carbonyl (C=O) groups excluding carboxylic acids is 1. The van der Waals surface area contributed by atoms with E-state index < -0.39 is 0 Å². The van der Waals surface area contributed by atoms with Crippen molar-refractivity contribution >= 4 is 25.1 Å². The van der Waals surface area contributed by atoms with Crippen LogP contribution in [0.4, 0.5) is 0 Å². The summed E-state index contributed by atoms with van der Waals surface area (Å²) in [7, 11) is 2.00. The second-order valence-electron chi connectivity index (χ2n) is 4.04. The number of hydrogen-bond donors (Lipinski definition) is 0. The number of allylic oxidation sites excluding steroid dienone is 1. The summed E-state index contributed by atoms with van der Waals surface area (Å²) in [6, 6.07) is 5.95. The summed E-state index contributed by atoms with van der Waals surface area (Å²) >= 11 is 0. The van der Waals surface area contributed by atoms with E-state index in [0.29, 0.717) is 5.92 Å². The second-order valence-corrected chi connectivity index (χ2v) is 4.04. The van der Waals surface area contributed by atoms with Gasteiger partial charge in [-0.3, -0.25) is 4.79 Å². The zero-order valence-corrected chi connectivity index (χ0v) is 10.2. The lowest BCUT2D eigenvalue weighted by molar-refractivity contribution is 0.112. The maximum Gasteiger partial charge on any atom is 0.150 e. The van der Waals surface area contributed by atoms with Crippen molar-refractivity contribution in [3.05, 3.63) is 35.4 Å². The molecule has 0 N–H and O–H groups in total. The van der Waals surface area contributed by atoms with Crippen molar-refractivity contribution in [3.8, 4) is 0 Å². The molecule has 1 radical (unpaired) electrons. The molecule has 0 heterocycles. The first-order chi connectivity index (χ1) is 7.71. The maximum atomic E-state index is 11.0. The Morgan fingerprint density at radius 3 is 2.69 bits per heavy atom. The first-order valence-corrected chi connectivity index (χ1v) is 5.78. The Labute approximate surface area is 98.8 Å². The maximum absolute atomic E-state index is 11.0. The van der Waals surface area contributed by atoms with Crippen LogP contribution < -0.4 is 5.46 Å². The normalized spacial score (nSPS) is 12.7. The molecule has 0 aliphatic carbocycles. The van der Waals surface area contributed by atoms with Gasteiger partial charge in [0.05, 0.1) is 0 Å². The van der Waals surface area contributed by atoms with Gasteiger partial charge >= 0.3 is 0 Å². The molecule has 0 amide bonds. The van der Waals surface area contributed by atoms with Crippen LogP contribution in [0.3, 0.4) is 0 Å². The van der Waals surface area contributed by atoms with E-state index >= 15 is 0 Å². The van der Waals surface area contributed by atoms with Gasteiger partial charge in [-0.15, -0.1) is 0 Å². The molecule has 0 spiro atoms. The molecular formula is C14H18BO. The molecule has 1 rings (SSSR count). The lowest BCUT2D eigenvalue weighted by Gasteiger charge is -2.04. The molecule has 1 unspecified atom stereocenters. The van der Waals surface area contributed by atoms with Crippen LogP contribution in [0.25, 0.3) is 6.08 Å². The molecule has 1 aromatic rings. The van der Waals surface area contributed by atoms with E-state index in [-0.39, 0.29) is 0 Å². The van der Waals surface area contributed by atoms with Crippen LogP contribution in [0.5, 0.6) is 0 Å². The summed E-state index contributed by atoms with van der Waals surface area (Å²) in [5.41, 5.74) is 2.85. The number of carbonyl (C=O) groups is 1. The minimum Gasteiger partial charge on any atom is -0.298 e. The van der Waals surface area contributed by atoms with Crippen molar-refractivity contribution in [2.24, 2.45) is 5.92 Å². The number of hydrogen-bond acceptors (Lipinski definition) is 1. The number of aldehydes is 1. The van der Waals surface area contributed by atoms with Crippen LogP contribution in [0.1, 0.15) is 36.2 Å². The average molecular weight is 213 g/mol. The Balaban J connectivity index is 2.95. The molecule has 0 aromatic heterocycles. The molecule has 0 fully saturated rings. The highest BCUT2D eigenvalue weighted by molar-refractivity contribution is 6.52. The zero-order valence-electron chi connectivity index (χ0n) is 10.2. The van der Waals surface area contributed by atoms with Gasteiger partial charge in [-0.25, -0.2) is 0 Å². The Kier molecular flexibility index (Phi) is 5.04. The van der Waals surface area contributed by atoms with Gasteiger partial charge < -0.3 is 0 Å². The predicted octanol–water partition coefficient (Wildman–Crippen LogP) is 2.94. The van der Waals surface area contributed by atoms with Gasteiger partial charge in [0.15, 0.2) is 6.29 Å². The Bertz CT molecular complexity index is 382. The van der Waals surface area contributed by atoms with E-state index in [1.165, 1.54) is 0 Å². The molecule has 0 aliphatic heterocycles. The van der Waals surface area contributed by atoms with Crippen LogP contribution in [-0.2, 0) is 0 Å². The molecule has 0 bridgehead atoms. The van der Waals surface area contributed by atoms with Gasteiger partial charge in [0.25, 0.3) is 0 Å². The van der Waals surface area contributed by atoms with Crippen molar-refractivity contribution in [3.63, 3.8) is 0 Å². The number of benzene rings is 1. The van der Waals surface area contributed by atoms with Gasteiger partial charge in [0, 0.05) is 5.56 Å². The summed E-state index contributed by atoms with van der Waals surface area (Å²) in [6.07, 6.45) is 6.23. The monoisotopic (exact) mass is 213 g/mol. The molecule has 16 heavy (non-hydrogen) atoms. The van der Waals surface area contributed by atoms with Gasteiger partial charge in [0.1, 0.15) is 7.28 Å². The molecule has 1 nitrogen and oxygen atoms in total. The largest absolute Gasteiger partial charge is 0.298 e. The lowest BCUT2D eigenvalue weighted by Crippen LogP contribution is -2.11. The van der Waals surface area contributed by atoms with Crippen LogP contribution in [0.2, 0.25) is 6.82 Å². The standard InChI is InChI=1S/C14H18BO/c1-4-11(2)5-6-12-7-8-14(15-3)9-13(12)10-16/h5-11H,4H2,1-3H3/b6-5-. The van der Waals surface area contributed by atoms with E-state index in [1.807, 2.05) is 38.4 Å². The fourth-order valence-electron chi connectivity index (χ4n) is 1.43. The third-order valence-electron chi connectivity index (χ3n) is 2.82. The zero-order chi connectivity index (χ0) is 12.0. The van der Waals surface area contributed by atoms with E-state index in [0.717, 1.165) is 29.3 Å². The molecule has 1 aromatic carbocycles. The summed E-state index contributed by atoms with van der Waals surface area (Å²) in [4.78, 5) is 11.0. The van der Waals surface area contributed by atoms with Gasteiger partial charge in [-0.2, -0.15) is 0 Å². The smallest absolute Gasteiger partial charge is 0.150 e. The molecule has 83 valence electrons. The van der Waals surface area contributed by atoms with Crippen LogP contribution in [0, 0.1) is 5.92 Å². The highest BCUT2D eigenvalue weighted by Gasteiger charge is 2.00. The first kappa shape index (κ1) is 12.8. The predicted molar refractivity (Wildman–Crippen MR) is 71.6 cm³/mol. The number of rotatable bonds is 5. The van der Waals surface area contributed by atoms with Crippen molar-refractivity contribution in [1.29, 1.82) is 0 Å². The Morgan fingerprint density at radius 1 is 1.38 bits per heavy atom. The SMILES string of the molecule is C[B]c1ccc(/C=C\C(C)CC)c(C=O)c1. The minimum absolute atomic E-state index is 0.553. The Morgan fingerprint density at radius 2 is 2.12 bits per heavy atom. The van der Waals surface area contributed by atoms with Crippen LogP contribution in [-0.4, -0.2) is 13.6 Å². The summed E-state index contributed by atoms with van der Waals surface area (Å²) < 4.78 is 0. The lowest BCUT2D eigenvalue weighted by atomic mass is 9.72. The van der Waals surface area contributed by atoms with Crippen LogP contribution in [0.15, 0.2) is 24.3 Å². The average Bonchev–Trinajstić information content (AvgIpc) is 2.35. The molecule has 0 aliphatic rings. The minimum atomic E-state index is 0.553. The molecule has 2 heteroatoms. The fourth-order valence-corrected chi connectivity index (χ4v) is 1.43. The van der Waals surface area contributed by atoms with Gasteiger partial charge in [-0.05, 0) is 11.5 Å². The van der Waals surface area contributed by atoms with Gasteiger partial charge in [-0.1, -0.05) is 62.9 Å². The summed E-state index contributed by atoms with van der Waals surface area (Å²) in [5, 5.41) is 0. The van der Waals surface area contributed by atoms with E-state index in [2.05, 4.69) is 19.9 Å². The highest BCUT2D eigenvalue weighted by Crippen LogP contribution is 2.11. The fraction of sp³-hybridized carbons (Fsp3) is 0.357. The Hall–Kier alpha value is -1.31. The van der Waals surface area contributed by atoms with Crippen molar-refractivity contribution in [2.75, 3.05) is 0 Å². The first-order valence-electron chi connectivity index (χ1n) is 5.78. The van der Waals surface area contributed by atoms with Crippen LogP contribution >= 0.6 is 0 Å². The second kappa shape index (κ2) is 6.31. The summed E-state index contributed by atoms with van der Waals surface area (Å²) in [6.45, 7) is 6.30. The summed E-state index contributed by atoms with van der Waals surface area (Å²) in [5.74, 6) is 0.553. The molecule has 1 atom stereocenters. The third kappa shape index (κ3) is 3.37. The van der Waals surface area contributed by atoms with Crippen molar-refractivity contribution in [1.82, 2.24) is 0 Å². The third-order valence-corrected chi connectivity index (χ3v) is 2.82. The van der Waals surface area contributed by atoms with E-state index in [9.17, 15) is 4.79 Å². The quantitative estimate of drug-likeness (QED) is 0.542. The van der Waals surface area contributed by atoms with E-state index in [1.54, 1.807) is 0 Å². The van der Waals surface area contributed by atoms with Crippen molar-refractivity contribution in [2.45, 2.75) is 27.1 Å². The van der Waals surface area contributed by atoms with Crippen molar-refractivity contribution < 1.29 is 4.79 Å².